The molecule has 23 heavy (non-hydrogen) atoms. The van der Waals surface area contributed by atoms with Crippen LogP contribution in [0, 0.1) is 0 Å². The number of carbonyl (C=O) groups is 1. The van der Waals surface area contributed by atoms with Gasteiger partial charge in [0.2, 0.25) is 0 Å². The summed E-state index contributed by atoms with van der Waals surface area (Å²) in [4.78, 5) is 16.5. The lowest BCUT2D eigenvalue weighted by atomic mass is 10.1. The molecule has 1 aromatic heterocycles. The van der Waals surface area contributed by atoms with Gasteiger partial charge >= 0.3 is 5.97 Å². The van der Waals surface area contributed by atoms with Gasteiger partial charge in [0, 0.05) is 15.8 Å². The van der Waals surface area contributed by atoms with E-state index in [4.69, 9.17) is 14.8 Å². The van der Waals surface area contributed by atoms with Crippen LogP contribution in [-0.4, -0.2) is 28.9 Å². The smallest absolute Gasteiger partial charge is 0.313 e. The molecule has 0 radical (unpaired) electrons. The lowest BCUT2D eigenvalue weighted by molar-refractivity contribution is -0.133. The number of ether oxygens (including phenoxy) is 1. The van der Waals surface area contributed by atoms with E-state index in [0.717, 1.165) is 32.8 Å². The first-order valence-electron chi connectivity index (χ1n) is 7.06. The van der Waals surface area contributed by atoms with Crippen molar-refractivity contribution in [2.45, 2.75) is 4.90 Å². The number of rotatable bonds is 5. The van der Waals surface area contributed by atoms with Crippen molar-refractivity contribution >= 4 is 28.6 Å². The highest BCUT2D eigenvalue weighted by molar-refractivity contribution is 8.00. The Morgan fingerprint density at radius 1 is 1.17 bits per heavy atom. The fourth-order valence-electron chi connectivity index (χ4n) is 2.32. The van der Waals surface area contributed by atoms with Crippen LogP contribution in [0.2, 0.25) is 0 Å². The minimum Gasteiger partial charge on any atom is -0.497 e. The molecule has 5 heteroatoms. The van der Waals surface area contributed by atoms with E-state index in [9.17, 15) is 4.79 Å². The monoisotopic (exact) mass is 325 g/mol. The predicted octanol–water partition coefficient (Wildman–Crippen LogP) is 4.09. The number of thioether (sulfide) groups is 1. The molecule has 0 atom stereocenters. The van der Waals surface area contributed by atoms with Gasteiger partial charge in [-0.25, -0.2) is 4.98 Å². The Hall–Kier alpha value is -2.53. The van der Waals surface area contributed by atoms with E-state index < -0.39 is 5.97 Å². The lowest BCUT2D eigenvalue weighted by Gasteiger charge is -2.10. The van der Waals surface area contributed by atoms with Crippen molar-refractivity contribution < 1.29 is 14.6 Å². The first kappa shape index (κ1) is 15.4. The average Bonchev–Trinajstić information content (AvgIpc) is 2.59. The normalized spacial score (nSPS) is 10.7. The molecule has 0 aliphatic rings. The molecule has 0 aliphatic heterocycles. The SMILES string of the molecule is COc1ccc2nc(-c3ccccc3)cc(SCC(=O)O)c2c1. The van der Waals surface area contributed by atoms with Gasteiger partial charge in [0.15, 0.2) is 0 Å². The van der Waals surface area contributed by atoms with Gasteiger partial charge < -0.3 is 9.84 Å². The zero-order chi connectivity index (χ0) is 16.2. The van der Waals surface area contributed by atoms with Crippen molar-refractivity contribution in [2.24, 2.45) is 0 Å². The number of methoxy groups -OCH3 is 1. The summed E-state index contributed by atoms with van der Waals surface area (Å²) in [6.07, 6.45) is 0. The maximum Gasteiger partial charge on any atom is 0.313 e. The molecule has 3 aromatic rings. The molecular formula is C18H15NO3S. The average molecular weight is 325 g/mol. The molecule has 0 aliphatic carbocycles. The van der Waals surface area contributed by atoms with E-state index in [-0.39, 0.29) is 5.75 Å². The van der Waals surface area contributed by atoms with Crippen molar-refractivity contribution in [3.63, 3.8) is 0 Å². The molecule has 0 saturated carbocycles. The zero-order valence-corrected chi connectivity index (χ0v) is 13.3. The highest BCUT2D eigenvalue weighted by atomic mass is 32.2. The summed E-state index contributed by atoms with van der Waals surface area (Å²) >= 11 is 1.29. The van der Waals surface area contributed by atoms with Crippen molar-refractivity contribution in [1.29, 1.82) is 0 Å². The van der Waals surface area contributed by atoms with Crippen LogP contribution >= 0.6 is 11.8 Å². The minimum absolute atomic E-state index is 0.00452. The molecule has 116 valence electrons. The Bertz CT molecular complexity index is 850. The molecule has 0 unspecified atom stereocenters. The highest BCUT2D eigenvalue weighted by Gasteiger charge is 2.10. The van der Waals surface area contributed by atoms with Crippen molar-refractivity contribution in [2.75, 3.05) is 12.9 Å². The standard InChI is InChI=1S/C18H15NO3S/c1-22-13-7-8-15-14(9-13)17(23-11-18(20)21)10-16(19-15)12-5-3-2-4-6-12/h2-10H,11H2,1H3,(H,20,21). The van der Waals surface area contributed by atoms with Crippen molar-refractivity contribution in [1.82, 2.24) is 4.98 Å². The molecule has 0 amide bonds. The first-order chi connectivity index (χ1) is 11.2. The van der Waals surface area contributed by atoms with E-state index in [1.165, 1.54) is 11.8 Å². The summed E-state index contributed by atoms with van der Waals surface area (Å²) in [5, 5.41) is 9.87. The van der Waals surface area contributed by atoms with Crippen LogP contribution in [0.4, 0.5) is 0 Å². The fourth-order valence-corrected chi connectivity index (χ4v) is 3.11. The Morgan fingerprint density at radius 2 is 1.96 bits per heavy atom. The number of hydrogen-bond acceptors (Lipinski definition) is 4. The van der Waals surface area contributed by atoms with Crippen LogP contribution in [0.5, 0.6) is 5.75 Å². The number of carboxylic acid groups (broad SMARTS) is 1. The number of carboxylic acids is 1. The van der Waals surface area contributed by atoms with E-state index in [0.29, 0.717) is 0 Å². The van der Waals surface area contributed by atoms with Crippen molar-refractivity contribution in [3.8, 4) is 17.0 Å². The Kier molecular flexibility index (Phi) is 4.48. The quantitative estimate of drug-likeness (QED) is 0.716. The number of hydrogen-bond donors (Lipinski definition) is 1. The van der Waals surface area contributed by atoms with Gasteiger partial charge in [-0.05, 0) is 24.3 Å². The van der Waals surface area contributed by atoms with Gasteiger partial charge in [-0.2, -0.15) is 0 Å². The van der Waals surface area contributed by atoms with Gasteiger partial charge in [-0.1, -0.05) is 30.3 Å². The summed E-state index contributed by atoms with van der Waals surface area (Å²) in [6.45, 7) is 0. The van der Waals surface area contributed by atoms with E-state index in [1.54, 1.807) is 7.11 Å². The largest absolute Gasteiger partial charge is 0.497 e. The molecule has 0 bridgehead atoms. The summed E-state index contributed by atoms with van der Waals surface area (Å²) < 4.78 is 5.26. The van der Waals surface area contributed by atoms with Crippen LogP contribution in [0.15, 0.2) is 59.5 Å². The first-order valence-corrected chi connectivity index (χ1v) is 8.05. The maximum absolute atomic E-state index is 10.9. The van der Waals surface area contributed by atoms with Gasteiger partial charge in [0.25, 0.3) is 0 Å². The number of aliphatic carboxylic acids is 1. The second kappa shape index (κ2) is 6.71. The van der Waals surface area contributed by atoms with Crippen LogP contribution in [0.1, 0.15) is 0 Å². The molecule has 4 nitrogen and oxygen atoms in total. The molecule has 1 N–H and O–H groups in total. The summed E-state index contributed by atoms with van der Waals surface area (Å²) in [5.41, 5.74) is 2.65. The predicted molar refractivity (Wildman–Crippen MR) is 92.1 cm³/mol. The fraction of sp³-hybridized carbons (Fsp3) is 0.111. The Labute approximate surface area is 138 Å². The van der Waals surface area contributed by atoms with Crippen LogP contribution in [0.25, 0.3) is 22.2 Å². The highest BCUT2D eigenvalue weighted by Crippen LogP contribution is 2.33. The van der Waals surface area contributed by atoms with Gasteiger partial charge in [0.05, 0.1) is 24.1 Å². The third kappa shape index (κ3) is 3.46. The second-order valence-electron chi connectivity index (χ2n) is 4.94. The summed E-state index contributed by atoms with van der Waals surface area (Å²) in [6, 6.07) is 17.4. The van der Waals surface area contributed by atoms with E-state index in [1.807, 2.05) is 54.6 Å². The summed E-state index contributed by atoms with van der Waals surface area (Å²) in [5.74, 6) is -0.113. The number of nitrogens with zero attached hydrogens (tertiary/aromatic N) is 1. The maximum atomic E-state index is 10.9. The van der Waals surface area contributed by atoms with Crippen LogP contribution < -0.4 is 4.74 Å². The molecule has 0 fully saturated rings. The molecule has 2 aromatic carbocycles. The van der Waals surface area contributed by atoms with Crippen molar-refractivity contribution in [3.05, 3.63) is 54.6 Å². The zero-order valence-electron chi connectivity index (χ0n) is 12.5. The summed E-state index contributed by atoms with van der Waals surface area (Å²) in [7, 11) is 1.61. The number of aromatic nitrogens is 1. The third-order valence-electron chi connectivity index (χ3n) is 3.40. The Morgan fingerprint density at radius 3 is 2.65 bits per heavy atom. The molecular weight excluding hydrogens is 310 g/mol. The molecule has 0 spiro atoms. The van der Waals surface area contributed by atoms with E-state index in [2.05, 4.69) is 0 Å². The van der Waals surface area contributed by atoms with Gasteiger partial charge in [0.1, 0.15) is 5.75 Å². The van der Waals surface area contributed by atoms with Crippen LogP contribution in [0.3, 0.4) is 0 Å². The van der Waals surface area contributed by atoms with Gasteiger partial charge in [-0.15, -0.1) is 11.8 Å². The van der Waals surface area contributed by atoms with E-state index >= 15 is 0 Å². The topological polar surface area (TPSA) is 59.4 Å². The lowest BCUT2D eigenvalue weighted by Crippen LogP contribution is -1.98. The number of benzene rings is 2. The second-order valence-corrected chi connectivity index (χ2v) is 5.95. The number of pyridine rings is 1. The molecule has 3 rings (SSSR count). The Balaban J connectivity index is 2.15. The third-order valence-corrected chi connectivity index (χ3v) is 4.44. The number of fused-ring (bicyclic) bond motifs is 1. The van der Waals surface area contributed by atoms with Gasteiger partial charge in [-0.3, -0.25) is 4.79 Å². The molecule has 1 heterocycles. The van der Waals surface area contributed by atoms with Crippen LogP contribution in [-0.2, 0) is 4.79 Å². The molecule has 0 saturated heterocycles. The minimum atomic E-state index is -0.843.